The van der Waals surface area contributed by atoms with Crippen molar-refractivity contribution in [3.05, 3.63) is 0 Å². The number of unbranched alkanes of at least 4 members (excludes halogenated alkanes) is 20. The van der Waals surface area contributed by atoms with Crippen molar-refractivity contribution >= 4 is 23.8 Å². The predicted octanol–water partition coefficient (Wildman–Crippen LogP) is 7.61. The Morgan fingerprint density at radius 2 is 0.711 bits per heavy atom. The van der Waals surface area contributed by atoms with E-state index in [1.54, 1.807) is 0 Å². The van der Waals surface area contributed by atoms with Crippen LogP contribution in [0.25, 0.3) is 0 Å². The zero-order valence-corrected chi connectivity index (χ0v) is 29.2. The first kappa shape index (κ1) is 42.8. The molecule has 0 heterocycles. The fourth-order valence-corrected chi connectivity index (χ4v) is 6.00. The zero-order valence-electron chi connectivity index (χ0n) is 29.2. The number of carbonyl (C=O) groups excluding carboxylic acids is 2. The van der Waals surface area contributed by atoms with Gasteiger partial charge in [-0.15, -0.1) is 0 Å². The number of amides is 2. The molecule has 264 valence electrons. The molecule has 0 aromatic carbocycles. The van der Waals surface area contributed by atoms with E-state index in [0.29, 0.717) is 12.8 Å². The van der Waals surface area contributed by atoms with E-state index >= 15 is 0 Å². The molecule has 0 aliphatic carbocycles. The molecule has 0 aliphatic rings. The highest BCUT2D eigenvalue weighted by Gasteiger charge is 2.33. The summed E-state index contributed by atoms with van der Waals surface area (Å²) in [5.74, 6) is -2.38. The van der Waals surface area contributed by atoms with E-state index in [4.69, 9.17) is 0 Å². The van der Waals surface area contributed by atoms with Crippen molar-refractivity contribution in [3.8, 4) is 0 Å². The molecule has 0 atom stereocenters. The van der Waals surface area contributed by atoms with Gasteiger partial charge in [-0.2, -0.15) is 0 Å². The van der Waals surface area contributed by atoms with Crippen molar-refractivity contribution in [2.24, 2.45) is 0 Å². The van der Waals surface area contributed by atoms with Crippen molar-refractivity contribution in [3.63, 3.8) is 0 Å². The van der Waals surface area contributed by atoms with Crippen LogP contribution in [-0.4, -0.2) is 77.7 Å². The first-order valence-electron chi connectivity index (χ1n) is 18.6. The van der Waals surface area contributed by atoms with Crippen LogP contribution in [0.2, 0.25) is 0 Å². The van der Waals surface area contributed by atoms with Gasteiger partial charge in [0.2, 0.25) is 11.8 Å². The molecule has 9 nitrogen and oxygen atoms in total. The number of carboxylic acids is 2. The topological polar surface area (TPSA) is 133 Å². The number of nitrogens with one attached hydrogen (secondary N) is 2. The van der Waals surface area contributed by atoms with Crippen LogP contribution in [0.5, 0.6) is 0 Å². The molecule has 0 radical (unpaired) electrons. The van der Waals surface area contributed by atoms with Gasteiger partial charge in [0.15, 0.2) is 13.1 Å². The molecule has 45 heavy (non-hydrogen) atoms. The number of aliphatic carboxylic acids is 2. The Labute approximate surface area is 275 Å². The molecule has 4 N–H and O–H groups in total. The molecule has 9 heteroatoms. The lowest BCUT2D eigenvalue weighted by atomic mass is 10.1. The second kappa shape index (κ2) is 30.5. The van der Waals surface area contributed by atoms with Crippen LogP contribution in [0, 0.1) is 0 Å². The van der Waals surface area contributed by atoms with Crippen LogP contribution in [-0.2, 0) is 19.2 Å². The van der Waals surface area contributed by atoms with Gasteiger partial charge >= 0.3 is 11.9 Å². The fraction of sp³-hybridized carbons (Fsp3) is 0.889. The van der Waals surface area contributed by atoms with Crippen molar-refractivity contribution in [1.29, 1.82) is 0 Å². The van der Waals surface area contributed by atoms with E-state index < -0.39 is 11.9 Å². The molecule has 0 rings (SSSR count). The van der Waals surface area contributed by atoms with Gasteiger partial charge in [0, 0.05) is 12.8 Å². The average molecular weight is 641 g/mol. The van der Waals surface area contributed by atoms with Crippen LogP contribution in [0.4, 0.5) is 0 Å². The highest BCUT2D eigenvalue weighted by Crippen LogP contribution is 2.13. The predicted molar refractivity (Wildman–Crippen MR) is 183 cm³/mol. The number of carboxylic acid groups (broad SMARTS) is 2. The first-order chi connectivity index (χ1) is 21.7. The average Bonchev–Trinajstić information content (AvgIpc) is 2.98. The Morgan fingerprint density at radius 1 is 0.444 bits per heavy atom. The van der Waals surface area contributed by atoms with E-state index in [1.165, 1.54) is 103 Å². The van der Waals surface area contributed by atoms with Gasteiger partial charge in [-0.3, -0.25) is 9.59 Å². The van der Waals surface area contributed by atoms with Gasteiger partial charge in [-0.25, -0.2) is 9.59 Å². The highest BCUT2D eigenvalue weighted by atomic mass is 16.4. The summed E-state index contributed by atoms with van der Waals surface area (Å²) < 4.78 is -0.234. The number of hydrogen-bond donors (Lipinski definition) is 4. The quantitative estimate of drug-likeness (QED) is 0.0423. The smallest absolute Gasteiger partial charge is 0.359 e. The Morgan fingerprint density at radius 3 is 0.978 bits per heavy atom. The molecule has 0 aliphatic heterocycles. The molecule has 0 spiro atoms. The molecule has 0 unspecified atom stereocenters. The minimum atomic E-state index is -1.10. The van der Waals surface area contributed by atoms with Crippen molar-refractivity contribution in [1.82, 2.24) is 10.6 Å². The Bertz CT molecular complexity index is 699. The number of hydrogen-bond acceptors (Lipinski definition) is 4. The lowest BCUT2D eigenvalue weighted by Gasteiger charge is -2.36. The van der Waals surface area contributed by atoms with Crippen LogP contribution in [0.15, 0.2) is 0 Å². The SMILES string of the molecule is CCCCCCCCCCCCCC(=O)NCC[N+](CCNC(=O)CCCCCCCCCCCCC)(CC(=O)O)CC(=O)O. The standard InChI is InChI=1S/C36H69N3O6/c1-3-5-7-9-11-13-15-17-19-21-23-25-33(40)37-27-29-39(31-35(42)43,32-36(44)45)30-28-38-34(41)26-24-22-20-18-16-14-12-10-8-6-4-2/h3-32H2,1-2H3,(H3-,37,38,40,41,42,43,44,45)/p+1. The summed E-state index contributed by atoms with van der Waals surface area (Å²) in [6.45, 7) is 4.46. The molecule has 0 fully saturated rings. The monoisotopic (exact) mass is 641 g/mol. The first-order valence-corrected chi connectivity index (χ1v) is 18.6. The van der Waals surface area contributed by atoms with E-state index in [1.807, 2.05) is 0 Å². The van der Waals surface area contributed by atoms with Gasteiger partial charge in [-0.1, -0.05) is 142 Å². The van der Waals surface area contributed by atoms with E-state index in [2.05, 4.69) is 24.5 Å². The minimum absolute atomic E-state index is 0.0880. The fourth-order valence-electron chi connectivity index (χ4n) is 6.00. The summed E-state index contributed by atoms with van der Waals surface area (Å²) in [4.78, 5) is 48.1. The molecule has 2 amide bonds. The zero-order chi connectivity index (χ0) is 33.4. The van der Waals surface area contributed by atoms with Gasteiger partial charge < -0.3 is 25.3 Å². The normalized spacial score (nSPS) is 11.4. The summed E-state index contributed by atoms with van der Waals surface area (Å²) in [5.41, 5.74) is 0. The number of carbonyl (C=O) groups is 4. The molecule has 0 aromatic heterocycles. The number of nitrogens with zero attached hydrogens (tertiary/aromatic N) is 1. The summed E-state index contributed by atoms with van der Waals surface area (Å²) in [6, 6.07) is 0. The summed E-state index contributed by atoms with van der Waals surface area (Å²) in [7, 11) is 0. The van der Waals surface area contributed by atoms with E-state index in [0.717, 1.165) is 38.5 Å². The van der Waals surface area contributed by atoms with E-state index in [9.17, 15) is 29.4 Å². The highest BCUT2D eigenvalue weighted by molar-refractivity contribution is 5.76. The largest absolute Gasteiger partial charge is 0.477 e. The van der Waals surface area contributed by atoms with Crippen LogP contribution >= 0.6 is 0 Å². The maximum Gasteiger partial charge on any atom is 0.359 e. The maximum atomic E-state index is 12.4. The van der Waals surface area contributed by atoms with Gasteiger partial charge in [-0.05, 0) is 12.8 Å². The van der Waals surface area contributed by atoms with Crippen molar-refractivity contribution in [2.45, 2.75) is 168 Å². The minimum Gasteiger partial charge on any atom is -0.477 e. The third kappa shape index (κ3) is 29.0. The van der Waals surface area contributed by atoms with Gasteiger partial charge in [0.25, 0.3) is 0 Å². The van der Waals surface area contributed by atoms with Crippen LogP contribution in [0.1, 0.15) is 168 Å². The Balaban J connectivity index is 4.28. The van der Waals surface area contributed by atoms with Crippen LogP contribution < -0.4 is 10.6 Å². The molecular weight excluding hydrogens is 570 g/mol. The Kier molecular flexibility index (Phi) is 29.0. The van der Waals surface area contributed by atoms with Crippen molar-refractivity contribution in [2.75, 3.05) is 39.3 Å². The summed E-state index contributed by atoms with van der Waals surface area (Å²) in [5, 5.41) is 24.8. The second-order valence-electron chi connectivity index (χ2n) is 13.2. The van der Waals surface area contributed by atoms with Crippen LogP contribution in [0.3, 0.4) is 0 Å². The Hall–Kier alpha value is -2.16. The third-order valence-electron chi connectivity index (χ3n) is 8.77. The van der Waals surface area contributed by atoms with Gasteiger partial charge in [0.05, 0.1) is 26.2 Å². The summed E-state index contributed by atoms with van der Waals surface area (Å²) >= 11 is 0. The lowest BCUT2D eigenvalue weighted by Crippen LogP contribution is -2.59. The molecule has 0 saturated heterocycles. The number of rotatable bonds is 34. The maximum absolute atomic E-state index is 12.4. The third-order valence-corrected chi connectivity index (χ3v) is 8.77. The molecule has 0 saturated carbocycles. The summed E-state index contributed by atoms with van der Waals surface area (Å²) in [6.07, 6.45) is 27.5. The number of quaternary nitrogens is 1. The van der Waals surface area contributed by atoms with Crippen molar-refractivity contribution < 1.29 is 33.9 Å². The lowest BCUT2D eigenvalue weighted by molar-refractivity contribution is -0.912. The molecule has 0 aromatic rings. The molecular formula is C36H70N3O6+. The second-order valence-corrected chi connectivity index (χ2v) is 13.2. The molecule has 0 bridgehead atoms. The van der Waals surface area contributed by atoms with Gasteiger partial charge in [0.1, 0.15) is 0 Å². The van der Waals surface area contributed by atoms with E-state index in [-0.39, 0.29) is 55.6 Å².